The molecular formula is C19H21F4N5O3S. The molecule has 1 aromatic carbocycles. The Morgan fingerprint density at radius 1 is 1.25 bits per heavy atom. The molecule has 0 spiro atoms. The van der Waals surface area contributed by atoms with Crippen molar-refractivity contribution >= 4 is 15.9 Å². The maximum absolute atomic E-state index is 14.4. The lowest BCUT2D eigenvalue weighted by Gasteiger charge is -2.23. The molecule has 174 valence electrons. The Balaban J connectivity index is 1.61. The Morgan fingerprint density at radius 3 is 2.53 bits per heavy atom. The number of sulfonamides is 1. The molecule has 2 aliphatic heterocycles. The molecule has 3 heterocycles. The van der Waals surface area contributed by atoms with Crippen molar-refractivity contribution in [2.75, 3.05) is 19.3 Å². The predicted octanol–water partition coefficient (Wildman–Crippen LogP) is 2.28. The van der Waals surface area contributed by atoms with Crippen LogP contribution in [0.1, 0.15) is 24.9 Å². The van der Waals surface area contributed by atoms with E-state index in [0.717, 1.165) is 18.4 Å². The van der Waals surface area contributed by atoms with Gasteiger partial charge >= 0.3 is 0 Å². The third-order valence-electron chi connectivity index (χ3n) is 5.36. The molecule has 0 amide bonds. The van der Waals surface area contributed by atoms with Gasteiger partial charge in [-0.3, -0.25) is 4.57 Å². The quantitative estimate of drug-likeness (QED) is 0.686. The predicted molar refractivity (Wildman–Crippen MR) is 107 cm³/mol. The van der Waals surface area contributed by atoms with Crippen molar-refractivity contribution < 1.29 is 30.8 Å². The number of benzene rings is 1. The van der Waals surface area contributed by atoms with Gasteiger partial charge in [0.15, 0.2) is 11.4 Å². The molecule has 0 bridgehead atoms. The maximum Gasteiger partial charge on any atom is 0.282 e. The number of aryl methyl sites for hydroxylation is 1. The van der Waals surface area contributed by atoms with E-state index in [0.29, 0.717) is 5.69 Å². The minimum Gasteiger partial charge on any atom is -0.379 e. The fourth-order valence-electron chi connectivity index (χ4n) is 3.93. The molecule has 1 fully saturated rings. The third-order valence-corrected chi connectivity index (χ3v) is 6.07. The van der Waals surface area contributed by atoms with E-state index in [4.69, 9.17) is 4.84 Å². The monoisotopic (exact) mass is 475 g/mol. The molecule has 0 radical (unpaired) electrons. The number of amidine groups is 1. The third kappa shape index (κ3) is 4.06. The highest BCUT2D eigenvalue weighted by atomic mass is 32.2. The normalized spacial score (nSPS) is 25.2. The van der Waals surface area contributed by atoms with Gasteiger partial charge in [-0.15, -0.1) is 0 Å². The first kappa shape index (κ1) is 22.5. The number of para-hydroxylation sites is 1. The van der Waals surface area contributed by atoms with E-state index in [1.807, 2.05) is 4.72 Å². The van der Waals surface area contributed by atoms with E-state index >= 15 is 0 Å². The number of nitrogens with one attached hydrogen (secondary N) is 1. The number of alkyl halides is 2. The van der Waals surface area contributed by atoms with Gasteiger partial charge in [0, 0.05) is 12.7 Å². The summed E-state index contributed by atoms with van der Waals surface area (Å²) < 4.78 is 83.6. The van der Waals surface area contributed by atoms with E-state index in [9.17, 15) is 26.0 Å². The number of imidazole rings is 1. The van der Waals surface area contributed by atoms with Gasteiger partial charge in [0.05, 0.1) is 24.9 Å². The van der Waals surface area contributed by atoms with Gasteiger partial charge in [0.25, 0.3) is 5.92 Å². The molecule has 2 atom stereocenters. The van der Waals surface area contributed by atoms with Crippen LogP contribution in [0.5, 0.6) is 0 Å². The molecule has 1 N–H and O–H groups in total. The maximum atomic E-state index is 14.4. The second kappa shape index (κ2) is 7.44. The first-order valence-electron chi connectivity index (χ1n) is 9.65. The molecule has 2 aromatic rings. The Hall–Kier alpha value is -2.67. The van der Waals surface area contributed by atoms with Crippen LogP contribution in [0.25, 0.3) is 5.69 Å². The summed E-state index contributed by atoms with van der Waals surface area (Å²) >= 11 is 0. The number of nitrogens with zero attached hydrogens (tertiary/aromatic N) is 4. The number of rotatable bonds is 4. The van der Waals surface area contributed by atoms with Crippen molar-refractivity contribution in [3.8, 4) is 5.69 Å². The van der Waals surface area contributed by atoms with E-state index in [1.54, 1.807) is 13.8 Å². The fourth-order valence-corrected chi connectivity index (χ4v) is 4.69. The van der Waals surface area contributed by atoms with Crippen LogP contribution in [0, 0.1) is 18.6 Å². The molecule has 1 unspecified atom stereocenters. The zero-order chi connectivity index (χ0) is 23.5. The van der Waals surface area contributed by atoms with Gasteiger partial charge in [0.1, 0.15) is 29.2 Å². The lowest BCUT2D eigenvalue weighted by atomic mass is 10.0. The molecule has 1 saturated heterocycles. The number of aromatic nitrogens is 2. The number of hydrogen-bond acceptors (Lipinski definition) is 6. The minimum absolute atomic E-state index is 0.0127. The van der Waals surface area contributed by atoms with E-state index in [-0.39, 0.29) is 30.3 Å². The highest BCUT2D eigenvalue weighted by molar-refractivity contribution is 7.88. The SMILES string of the molecule is Cc1cn(-c2c(F)cccc2F)c(C2(C)CC(N3C[C@@H](NS(C)(=O)=O)C(F)(F)C3)=NO2)n1. The zero-order valence-corrected chi connectivity index (χ0v) is 18.3. The summed E-state index contributed by atoms with van der Waals surface area (Å²) in [4.78, 5) is 11.1. The van der Waals surface area contributed by atoms with Gasteiger partial charge in [-0.2, -0.15) is 0 Å². The summed E-state index contributed by atoms with van der Waals surface area (Å²) in [5.41, 5.74) is -1.17. The van der Waals surface area contributed by atoms with Gasteiger partial charge < -0.3 is 9.74 Å². The molecule has 1 aromatic heterocycles. The zero-order valence-electron chi connectivity index (χ0n) is 17.4. The number of hydrogen-bond donors (Lipinski definition) is 1. The van der Waals surface area contributed by atoms with Gasteiger partial charge in [0.2, 0.25) is 10.0 Å². The van der Waals surface area contributed by atoms with Crippen LogP contribution in [0.3, 0.4) is 0 Å². The summed E-state index contributed by atoms with van der Waals surface area (Å²) in [6.07, 6.45) is 2.24. The summed E-state index contributed by atoms with van der Waals surface area (Å²) in [6.45, 7) is 2.16. The fraction of sp³-hybridized carbons (Fsp3) is 0.474. The molecule has 8 nitrogen and oxygen atoms in total. The van der Waals surface area contributed by atoms with Crippen molar-refractivity contribution in [3.63, 3.8) is 0 Å². The Labute approximate surface area is 181 Å². The average Bonchev–Trinajstić information content (AvgIpc) is 3.31. The molecule has 0 saturated carbocycles. The first-order chi connectivity index (χ1) is 14.8. The summed E-state index contributed by atoms with van der Waals surface area (Å²) in [5.74, 6) is -4.63. The summed E-state index contributed by atoms with van der Waals surface area (Å²) in [7, 11) is -3.85. The van der Waals surface area contributed by atoms with Gasteiger partial charge in [-0.1, -0.05) is 11.2 Å². The van der Waals surface area contributed by atoms with Crippen molar-refractivity contribution in [1.82, 2.24) is 19.2 Å². The molecule has 2 aliphatic rings. The van der Waals surface area contributed by atoms with E-state index in [2.05, 4.69) is 10.1 Å². The smallest absolute Gasteiger partial charge is 0.282 e. The number of likely N-dealkylation sites (tertiary alicyclic amines) is 1. The Kier molecular flexibility index (Phi) is 5.24. The van der Waals surface area contributed by atoms with Crippen molar-refractivity contribution in [3.05, 3.63) is 47.5 Å². The van der Waals surface area contributed by atoms with Crippen molar-refractivity contribution in [2.45, 2.75) is 37.8 Å². The van der Waals surface area contributed by atoms with Crippen LogP contribution in [0.4, 0.5) is 17.6 Å². The topological polar surface area (TPSA) is 88.8 Å². The molecule has 4 rings (SSSR count). The van der Waals surface area contributed by atoms with Crippen LogP contribution in [-0.4, -0.2) is 60.0 Å². The standard InChI is InChI=1S/C19H21F4N5O3S/c1-11-8-28(16-12(20)5-4-6-13(16)21)17(24-11)18(2)7-15(25-31-18)27-9-14(19(22,23)10-27)26-32(3,29)30/h4-6,8,14,26H,7,9-10H2,1-3H3/t14-,18?/m1/s1. The minimum atomic E-state index is -3.85. The van der Waals surface area contributed by atoms with Gasteiger partial charge in [-0.25, -0.2) is 35.7 Å². The van der Waals surface area contributed by atoms with Gasteiger partial charge in [-0.05, 0) is 26.0 Å². The van der Waals surface area contributed by atoms with Crippen LogP contribution >= 0.6 is 0 Å². The van der Waals surface area contributed by atoms with Crippen LogP contribution in [0.2, 0.25) is 0 Å². The van der Waals surface area contributed by atoms with Crippen LogP contribution in [-0.2, 0) is 20.5 Å². The summed E-state index contributed by atoms with van der Waals surface area (Å²) in [6, 6.07) is 1.84. The van der Waals surface area contributed by atoms with Crippen LogP contribution in [0.15, 0.2) is 29.6 Å². The lowest BCUT2D eigenvalue weighted by Crippen LogP contribution is -2.46. The number of halogens is 4. The molecule has 13 heteroatoms. The average molecular weight is 475 g/mol. The lowest BCUT2D eigenvalue weighted by molar-refractivity contribution is -0.0156. The molecular weight excluding hydrogens is 454 g/mol. The first-order valence-corrected chi connectivity index (χ1v) is 11.5. The highest BCUT2D eigenvalue weighted by Gasteiger charge is 2.52. The van der Waals surface area contributed by atoms with E-state index < -0.39 is 45.8 Å². The van der Waals surface area contributed by atoms with Crippen molar-refractivity contribution in [1.29, 1.82) is 0 Å². The Bertz CT molecular complexity index is 1180. The number of oxime groups is 1. The largest absolute Gasteiger partial charge is 0.379 e. The second-order valence-corrected chi connectivity index (χ2v) is 10.0. The second-order valence-electron chi connectivity index (χ2n) is 8.24. The molecule has 32 heavy (non-hydrogen) atoms. The van der Waals surface area contributed by atoms with Crippen molar-refractivity contribution in [2.24, 2.45) is 5.16 Å². The van der Waals surface area contributed by atoms with Crippen LogP contribution < -0.4 is 4.72 Å². The summed E-state index contributed by atoms with van der Waals surface area (Å²) in [5, 5.41) is 3.92. The highest BCUT2D eigenvalue weighted by Crippen LogP contribution is 2.39. The van der Waals surface area contributed by atoms with E-state index in [1.165, 1.54) is 21.7 Å². The molecule has 0 aliphatic carbocycles. The Morgan fingerprint density at radius 2 is 1.91 bits per heavy atom.